The lowest BCUT2D eigenvalue weighted by atomic mass is 9.99. The molecule has 19 heteroatoms. The van der Waals surface area contributed by atoms with E-state index >= 15 is 0 Å². The van der Waals surface area contributed by atoms with Crippen molar-refractivity contribution in [3.05, 3.63) is 0 Å². The fourth-order valence-electron chi connectivity index (χ4n) is 14.0. The Balaban J connectivity index is 5.23. The van der Waals surface area contributed by atoms with E-state index in [-0.39, 0.29) is 25.7 Å². The Morgan fingerprint density at radius 1 is 0.266 bits per heavy atom. The first-order valence-corrected chi connectivity index (χ1v) is 49.4. The Morgan fingerprint density at radius 3 is 0.697 bits per heavy atom. The molecule has 0 aliphatic heterocycles. The van der Waals surface area contributed by atoms with Gasteiger partial charge in [-0.3, -0.25) is 37.3 Å². The van der Waals surface area contributed by atoms with E-state index in [0.29, 0.717) is 25.7 Å². The highest BCUT2D eigenvalue weighted by Crippen LogP contribution is 2.45. The molecule has 0 rings (SSSR count). The molecule has 0 radical (unpaired) electrons. The van der Waals surface area contributed by atoms with Gasteiger partial charge in [0, 0.05) is 25.7 Å². The van der Waals surface area contributed by atoms with Gasteiger partial charge >= 0.3 is 39.5 Å². The minimum absolute atomic E-state index is 0.108. The van der Waals surface area contributed by atoms with Gasteiger partial charge in [-0.15, -0.1) is 0 Å². The van der Waals surface area contributed by atoms with Crippen LogP contribution in [0, 0.1) is 17.8 Å². The third-order valence-corrected chi connectivity index (χ3v) is 23.4. The lowest BCUT2D eigenvalue weighted by Crippen LogP contribution is -2.30. The summed E-state index contributed by atoms with van der Waals surface area (Å²) in [6.45, 7) is 12.1. The van der Waals surface area contributed by atoms with Gasteiger partial charge in [0.2, 0.25) is 0 Å². The second kappa shape index (κ2) is 79.9. The van der Waals surface area contributed by atoms with Crippen molar-refractivity contribution in [2.24, 2.45) is 17.8 Å². The first kappa shape index (κ1) is 107. The SMILES string of the molecule is CCCCCCCCCCCCCCCCC(=O)O[C@H](COC(=O)CCCCCCCCCCCC(C)C)COP(=O)(O)OC[C@H](O)COP(=O)(O)OC[C@@H](COC(=O)CCCCCCCCCCCCCCCCCCCCC(C)C)OC(=O)CCCCCCCCCCCCCCCCCCCCC(C)CC. The predicted octanol–water partition coefficient (Wildman–Crippen LogP) is 27.6. The zero-order chi connectivity index (χ0) is 80.0. The largest absolute Gasteiger partial charge is 0.472 e. The van der Waals surface area contributed by atoms with Gasteiger partial charge in [0.25, 0.3) is 0 Å². The standard InChI is InChI=1S/C90H176O17P2/c1-8-10-11-12-13-14-15-16-31-37-44-52-59-66-73-89(94)107-86(78-101-88(93)72-65-58-51-46-39-41-48-55-62-69-82(5)6)80-105-109(98,99)103-76-84(91)75-102-108(96,97)104-79-85(77-100-87(92)71-64-57-50-43-36-32-27-23-19-17-21-25-29-34-40-47-54-61-68-81(3)4)106-90(95)74-67-60-53-45-38-33-28-24-20-18-22-26-30-35-42-49-56-63-70-83(7)9-2/h81-86,91H,8-80H2,1-7H3,(H,96,97)(H,98,99)/t83?,84-,85-,86-/m1/s1. The van der Waals surface area contributed by atoms with E-state index in [1.165, 1.54) is 289 Å². The summed E-state index contributed by atoms with van der Waals surface area (Å²) in [7, 11) is -9.93. The van der Waals surface area contributed by atoms with Crippen molar-refractivity contribution >= 4 is 39.5 Å². The molecule has 0 bridgehead atoms. The molecule has 0 saturated carbocycles. The van der Waals surface area contributed by atoms with Crippen molar-refractivity contribution in [1.82, 2.24) is 0 Å². The molecule has 6 atom stereocenters. The Hall–Kier alpha value is -1.94. The molecule has 0 spiro atoms. The Bertz CT molecular complexity index is 2100. The van der Waals surface area contributed by atoms with Crippen LogP contribution in [0.1, 0.15) is 479 Å². The van der Waals surface area contributed by atoms with Crippen LogP contribution in [0.15, 0.2) is 0 Å². The van der Waals surface area contributed by atoms with E-state index < -0.39 is 97.5 Å². The quantitative estimate of drug-likeness (QED) is 0.0222. The molecule has 0 aliphatic rings. The predicted molar refractivity (Wildman–Crippen MR) is 451 cm³/mol. The zero-order valence-corrected chi connectivity index (χ0v) is 73.8. The maximum Gasteiger partial charge on any atom is 0.472 e. The topological polar surface area (TPSA) is 237 Å². The van der Waals surface area contributed by atoms with E-state index in [0.717, 1.165) is 108 Å². The van der Waals surface area contributed by atoms with Gasteiger partial charge in [-0.1, -0.05) is 427 Å². The van der Waals surface area contributed by atoms with Crippen molar-refractivity contribution in [2.75, 3.05) is 39.6 Å². The number of rotatable bonds is 88. The highest BCUT2D eigenvalue weighted by atomic mass is 31.2. The molecule has 0 amide bonds. The Labute approximate surface area is 670 Å². The van der Waals surface area contributed by atoms with Crippen LogP contribution in [0.3, 0.4) is 0 Å². The van der Waals surface area contributed by atoms with Crippen LogP contribution in [0.4, 0.5) is 0 Å². The number of hydrogen-bond donors (Lipinski definition) is 3. The van der Waals surface area contributed by atoms with E-state index in [9.17, 15) is 43.2 Å². The summed E-state index contributed by atoms with van der Waals surface area (Å²) in [4.78, 5) is 73.4. The fourth-order valence-corrected chi connectivity index (χ4v) is 15.6. The van der Waals surface area contributed by atoms with Crippen LogP contribution in [0.25, 0.3) is 0 Å². The average Bonchev–Trinajstić information content (AvgIpc) is 0.898. The maximum atomic E-state index is 13.2. The first-order valence-electron chi connectivity index (χ1n) is 46.4. The number of phosphoric acid groups is 2. The highest BCUT2D eigenvalue weighted by molar-refractivity contribution is 7.47. The van der Waals surface area contributed by atoms with Crippen molar-refractivity contribution in [1.29, 1.82) is 0 Å². The molecule has 0 aromatic carbocycles. The van der Waals surface area contributed by atoms with Crippen LogP contribution in [-0.4, -0.2) is 96.7 Å². The number of carbonyl (C=O) groups is 4. The molecule has 0 saturated heterocycles. The number of hydrogen-bond acceptors (Lipinski definition) is 15. The van der Waals surface area contributed by atoms with Crippen LogP contribution in [0.5, 0.6) is 0 Å². The minimum atomic E-state index is -4.97. The number of aliphatic hydroxyl groups excluding tert-OH is 1. The second-order valence-corrected chi connectivity index (χ2v) is 36.4. The van der Waals surface area contributed by atoms with Crippen LogP contribution in [0.2, 0.25) is 0 Å². The van der Waals surface area contributed by atoms with Crippen LogP contribution < -0.4 is 0 Å². The first-order chi connectivity index (χ1) is 52.8. The summed E-state index contributed by atoms with van der Waals surface area (Å²) in [6.07, 6.45) is 72.2. The second-order valence-electron chi connectivity index (χ2n) is 33.5. The van der Waals surface area contributed by atoms with E-state index in [1.54, 1.807) is 0 Å². The van der Waals surface area contributed by atoms with E-state index in [4.69, 9.17) is 37.0 Å². The van der Waals surface area contributed by atoms with Gasteiger partial charge < -0.3 is 33.8 Å². The van der Waals surface area contributed by atoms with Crippen molar-refractivity contribution in [3.8, 4) is 0 Å². The number of carbonyl (C=O) groups excluding carboxylic acids is 4. The molecule has 3 N–H and O–H groups in total. The molecular formula is C90H176O17P2. The van der Waals surface area contributed by atoms with Gasteiger partial charge in [0.05, 0.1) is 26.4 Å². The third-order valence-electron chi connectivity index (χ3n) is 21.5. The van der Waals surface area contributed by atoms with Crippen molar-refractivity contribution < 1.29 is 80.2 Å². The summed E-state index contributed by atoms with van der Waals surface area (Å²) in [6, 6.07) is 0. The van der Waals surface area contributed by atoms with E-state index in [1.807, 2.05) is 0 Å². The number of aliphatic hydroxyl groups is 1. The fraction of sp³-hybridized carbons (Fsp3) is 0.956. The monoisotopic (exact) mass is 1590 g/mol. The summed E-state index contributed by atoms with van der Waals surface area (Å²) in [5.41, 5.74) is 0. The van der Waals surface area contributed by atoms with Crippen molar-refractivity contribution in [3.63, 3.8) is 0 Å². The summed E-state index contributed by atoms with van der Waals surface area (Å²) in [5.74, 6) is 0.339. The van der Waals surface area contributed by atoms with Gasteiger partial charge in [-0.05, 0) is 43.4 Å². The molecule has 109 heavy (non-hydrogen) atoms. The average molecular weight is 1590 g/mol. The molecule has 0 aromatic rings. The molecule has 0 aromatic heterocycles. The summed E-state index contributed by atoms with van der Waals surface area (Å²) < 4.78 is 69.0. The Morgan fingerprint density at radius 2 is 0.468 bits per heavy atom. The summed E-state index contributed by atoms with van der Waals surface area (Å²) in [5, 5.41) is 10.7. The maximum absolute atomic E-state index is 13.2. The lowest BCUT2D eigenvalue weighted by molar-refractivity contribution is -0.161. The number of ether oxygens (including phenoxy) is 4. The summed E-state index contributed by atoms with van der Waals surface area (Å²) >= 11 is 0. The molecule has 0 heterocycles. The molecule has 0 aliphatic carbocycles. The van der Waals surface area contributed by atoms with E-state index in [2.05, 4.69) is 48.5 Å². The Kier molecular flexibility index (Phi) is 78.5. The smallest absolute Gasteiger partial charge is 0.462 e. The van der Waals surface area contributed by atoms with Gasteiger partial charge in [0.1, 0.15) is 19.3 Å². The zero-order valence-electron chi connectivity index (χ0n) is 72.0. The van der Waals surface area contributed by atoms with Gasteiger partial charge in [0.15, 0.2) is 12.2 Å². The lowest BCUT2D eigenvalue weighted by Gasteiger charge is -2.21. The van der Waals surface area contributed by atoms with Gasteiger partial charge in [-0.2, -0.15) is 0 Å². The number of phosphoric ester groups is 2. The van der Waals surface area contributed by atoms with Crippen molar-refractivity contribution in [2.45, 2.75) is 497 Å². The normalized spacial score (nSPS) is 14.1. The number of unbranched alkanes of at least 4 members (excludes halogenated alkanes) is 55. The molecule has 0 fully saturated rings. The van der Waals surface area contributed by atoms with Crippen LogP contribution >= 0.6 is 15.6 Å². The molecule has 3 unspecified atom stereocenters. The highest BCUT2D eigenvalue weighted by Gasteiger charge is 2.31. The third kappa shape index (κ3) is 82.4. The molecule has 17 nitrogen and oxygen atoms in total. The molecule has 648 valence electrons. The molecular weight excluding hydrogens is 1410 g/mol. The van der Waals surface area contributed by atoms with Crippen LogP contribution in [-0.2, 0) is 65.4 Å². The number of esters is 4. The van der Waals surface area contributed by atoms with Gasteiger partial charge in [-0.25, -0.2) is 9.13 Å². The minimum Gasteiger partial charge on any atom is -0.462 e.